The number of fused-ring (bicyclic) bond motifs is 1. The zero-order chi connectivity index (χ0) is 26.2. The second-order valence-corrected chi connectivity index (χ2v) is 12.5. The average Bonchev–Trinajstić information content (AvgIpc) is 3.38. The van der Waals surface area contributed by atoms with E-state index in [1.807, 2.05) is 12.1 Å². The molecule has 1 aromatic heterocycles. The van der Waals surface area contributed by atoms with E-state index < -0.39 is 10.0 Å². The normalized spacial score (nSPS) is 19.3. The van der Waals surface area contributed by atoms with Crippen molar-refractivity contribution < 1.29 is 22.7 Å². The summed E-state index contributed by atoms with van der Waals surface area (Å²) in [7, 11) is -0.278. The van der Waals surface area contributed by atoms with Crippen molar-refractivity contribution in [2.24, 2.45) is 5.92 Å². The predicted molar refractivity (Wildman–Crippen MR) is 144 cm³/mol. The number of carbonyl (C=O) groups is 1. The molecule has 3 aromatic rings. The van der Waals surface area contributed by atoms with Crippen LogP contribution in [0.5, 0.6) is 11.5 Å². The van der Waals surface area contributed by atoms with E-state index >= 15 is 0 Å². The third kappa shape index (κ3) is 4.99. The van der Waals surface area contributed by atoms with Gasteiger partial charge < -0.3 is 19.3 Å². The zero-order valence-electron chi connectivity index (χ0n) is 21.3. The molecule has 1 amide bonds. The van der Waals surface area contributed by atoms with Crippen LogP contribution in [0.15, 0.2) is 41.3 Å². The number of benzene rings is 2. The number of aromatic nitrogens is 1. The Hall–Kier alpha value is -2.89. The lowest BCUT2D eigenvalue weighted by atomic mass is 10.0. The molecule has 2 aliphatic heterocycles. The summed E-state index contributed by atoms with van der Waals surface area (Å²) in [6, 6.07) is 10.1. The van der Waals surface area contributed by atoms with E-state index in [-0.39, 0.29) is 10.8 Å². The molecule has 0 saturated carbocycles. The minimum absolute atomic E-state index is 0.0946. The van der Waals surface area contributed by atoms with E-state index in [4.69, 9.17) is 14.5 Å². The third-order valence-electron chi connectivity index (χ3n) is 7.10. The largest absolute Gasteiger partial charge is 0.495 e. The number of anilines is 1. The molecule has 2 saturated heterocycles. The summed E-state index contributed by atoms with van der Waals surface area (Å²) in [5.41, 5.74) is 1.27. The van der Waals surface area contributed by atoms with Gasteiger partial charge in [0.1, 0.15) is 21.7 Å². The van der Waals surface area contributed by atoms with Gasteiger partial charge in [0.05, 0.1) is 19.1 Å². The molecule has 2 aromatic carbocycles. The first-order valence-electron chi connectivity index (χ1n) is 12.5. The van der Waals surface area contributed by atoms with Gasteiger partial charge in [-0.15, -0.1) is 0 Å². The van der Waals surface area contributed by atoms with Crippen LogP contribution in [0, 0.1) is 5.92 Å². The molecular weight excluding hydrogens is 512 g/mol. The number of ether oxygens (including phenoxy) is 2. The maximum Gasteiger partial charge on any atom is 0.253 e. The number of rotatable bonds is 6. The molecule has 0 spiro atoms. The highest BCUT2D eigenvalue weighted by Gasteiger charge is 2.29. The van der Waals surface area contributed by atoms with E-state index in [0.717, 1.165) is 33.9 Å². The number of thiazole rings is 1. The van der Waals surface area contributed by atoms with Crippen LogP contribution in [0.25, 0.3) is 10.2 Å². The molecule has 9 nitrogen and oxygen atoms in total. The molecule has 0 aliphatic carbocycles. The minimum Gasteiger partial charge on any atom is -0.495 e. The Morgan fingerprint density at radius 3 is 2.30 bits per heavy atom. The summed E-state index contributed by atoms with van der Waals surface area (Å²) < 4.78 is 39.5. The smallest absolute Gasteiger partial charge is 0.253 e. The lowest BCUT2D eigenvalue weighted by Crippen LogP contribution is -2.48. The highest BCUT2D eigenvalue weighted by molar-refractivity contribution is 7.89. The molecular formula is C26H32N4O5S2. The summed E-state index contributed by atoms with van der Waals surface area (Å²) in [5.74, 6) is 1.72. The first kappa shape index (κ1) is 25.7. The van der Waals surface area contributed by atoms with Crippen molar-refractivity contribution in [2.45, 2.75) is 24.7 Å². The maximum absolute atomic E-state index is 13.2. The summed E-state index contributed by atoms with van der Waals surface area (Å²) in [6.07, 6.45) is 1.93. The fraction of sp³-hybridized carbons (Fsp3) is 0.462. The molecule has 5 rings (SSSR count). The van der Waals surface area contributed by atoms with Crippen molar-refractivity contribution in [3.05, 3.63) is 42.0 Å². The van der Waals surface area contributed by atoms with Crippen LogP contribution in [-0.2, 0) is 10.0 Å². The van der Waals surface area contributed by atoms with Crippen LogP contribution in [0.3, 0.4) is 0 Å². The molecule has 2 fully saturated rings. The molecule has 0 bridgehead atoms. The van der Waals surface area contributed by atoms with Crippen LogP contribution >= 0.6 is 11.3 Å². The number of carbonyl (C=O) groups excluding carboxylic acids is 1. The van der Waals surface area contributed by atoms with Crippen molar-refractivity contribution >= 4 is 42.6 Å². The molecule has 0 radical (unpaired) electrons. The number of hydrogen-bond donors (Lipinski definition) is 0. The molecule has 37 heavy (non-hydrogen) atoms. The van der Waals surface area contributed by atoms with Crippen molar-refractivity contribution in [1.29, 1.82) is 0 Å². The standard InChI is InChI=1S/C26H32N4O5S2/c1-18-5-4-12-30(17-18)37(32,33)20-8-6-19(7-9-20)25(31)28-13-15-29(16-14-28)26-27-23-21(34-2)10-11-22(35-3)24(23)36-26/h6-11,18H,4-5,12-17H2,1-3H3. The van der Waals surface area contributed by atoms with Gasteiger partial charge in [0, 0.05) is 44.8 Å². The molecule has 198 valence electrons. The van der Waals surface area contributed by atoms with Gasteiger partial charge in [-0.05, 0) is 55.2 Å². The minimum atomic E-state index is -3.54. The Kier molecular flexibility index (Phi) is 7.28. The zero-order valence-corrected chi connectivity index (χ0v) is 23.0. The van der Waals surface area contributed by atoms with Crippen molar-refractivity contribution in [3.63, 3.8) is 0 Å². The van der Waals surface area contributed by atoms with E-state index in [0.29, 0.717) is 56.5 Å². The lowest BCUT2D eigenvalue weighted by Gasteiger charge is -2.34. The van der Waals surface area contributed by atoms with Gasteiger partial charge in [0.2, 0.25) is 10.0 Å². The Bertz CT molecular complexity index is 1340. The number of methoxy groups -OCH3 is 2. The molecule has 11 heteroatoms. The molecule has 1 atom stereocenters. The van der Waals surface area contributed by atoms with Crippen LogP contribution in [0.1, 0.15) is 30.1 Å². The van der Waals surface area contributed by atoms with E-state index in [1.165, 1.54) is 0 Å². The maximum atomic E-state index is 13.2. The quantitative estimate of drug-likeness (QED) is 0.467. The second kappa shape index (κ2) is 10.5. The summed E-state index contributed by atoms with van der Waals surface area (Å²) >= 11 is 1.55. The molecule has 1 unspecified atom stereocenters. The first-order valence-corrected chi connectivity index (χ1v) is 14.7. The molecule has 0 N–H and O–H groups in total. The van der Waals surface area contributed by atoms with E-state index in [9.17, 15) is 13.2 Å². The van der Waals surface area contributed by atoms with Crippen LogP contribution in [0.2, 0.25) is 0 Å². The summed E-state index contributed by atoms with van der Waals surface area (Å²) in [4.78, 5) is 22.2. The number of piperidine rings is 1. The Morgan fingerprint density at radius 1 is 0.973 bits per heavy atom. The van der Waals surface area contributed by atoms with Gasteiger partial charge in [0.25, 0.3) is 5.91 Å². The fourth-order valence-corrected chi connectivity index (χ4v) is 7.70. The average molecular weight is 545 g/mol. The van der Waals surface area contributed by atoms with Gasteiger partial charge >= 0.3 is 0 Å². The van der Waals surface area contributed by atoms with Crippen LogP contribution in [-0.4, -0.2) is 82.0 Å². The SMILES string of the molecule is COc1ccc(OC)c2sc(N3CCN(C(=O)c4ccc(S(=O)(=O)N5CCCC(C)C5)cc4)CC3)nc12. The number of amides is 1. The molecule has 2 aliphatic rings. The van der Waals surface area contributed by atoms with E-state index in [2.05, 4.69) is 11.8 Å². The predicted octanol–water partition coefficient (Wildman–Crippen LogP) is 3.70. The fourth-order valence-electron chi connectivity index (χ4n) is 4.98. The molecule has 3 heterocycles. The summed E-state index contributed by atoms with van der Waals surface area (Å²) in [5, 5.41) is 0.867. The van der Waals surface area contributed by atoms with Gasteiger partial charge in [-0.2, -0.15) is 4.31 Å². The summed E-state index contributed by atoms with van der Waals surface area (Å²) in [6.45, 7) is 5.57. The number of hydrogen-bond acceptors (Lipinski definition) is 8. The number of piperazine rings is 1. The van der Waals surface area contributed by atoms with Crippen molar-refractivity contribution in [1.82, 2.24) is 14.2 Å². The second-order valence-electron chi connectivity index (χ2n) is 9.56. The lowest BCUT2D eigenvalue weighted by molar-refractivity contribution is 0.0746. The number of nitrogens with zero attached hydrogens (tertiary/aromatic N) is 4. The van der Waals surface area contributed by atoms with Gasteiger partial charge in [-0.25, -0.2) is 13.4 Å². The van der Waals surface area contributed by atoms with Crippen molar-refractivity contribution in [3.8, 4) is 11.5 Å². The Labute approximate surface area is 221 Å². The van der Waals surface area contributed by atoms with Crippen LogP contribution in [0.4, 0.5) is 5.13 Å². The topological polar surface area (TPSA) is 92.3 Å². The number of sulfonamides is 1. The first-order chi connectivity index (χ1) is 17.8. The monoisotopic (exact) mass is 544 g/mol. The van der Waals surface area contributed by atoms with Gasteiger partial charge in [-0.1, -0.05) is 18.3 Å². The third-order valence-corrected chi connectivity index (χ3v) is 10.1. The Balaban J connectivity index is 1.25. The highest BCUT2D eigenvalue weighted by atomic mass is 32.2. The Morgan fingerprint density at radius 2 is 1.65 bits per heavy atom. The van der Waals surface area contributed by atoms with Crippen LogP contribution < -0.4 is 14.4 Å². The van der Waals surface area contributed by atoms with Gasteiger partial charge in [-0.3, -0.25) is 4.79 Å². The van der Waals surface area contributed by atoms with Crippen molar-refractivity contribution in [2.75, 3.05) is 58.4 Å². The van der Waals surface area contributed by atoms with E-state index in [1.54, 1.807) is 59.0 Å². The highest BCUT2D eigenvalue weighted by Crippen LogP contribution is 2.40. The van der Waals surface area contributed by atoms with Gasteiger partial charge in [0.15, 0.2) is 5.13 Å².